The zero-order chi connectivity index (χ0) is 27.8. The molecule has 5 rings (SSSR count). The fraction of sp³-hybridized carbons (Fsp3) is 0.923. The molecule has 5 N–H and O–H groups in total. The lowest BCUT2D eigenvalue weighted by atomic mass is 9.70. The number of halogens is 3. The molecular formula is C26H43ClF2N6O3S. The summed E-state index contributed by atoms with van der Waals surface area (Å²) in [4.78, 5) is 28.6. The maximum atomic E-state index is 13.6. The molecule has 0 bridgehead atoms. The van der Waals surface area contributed by atoms with E-state index in [1.54, 1.807) is 18.9 Å². The summed E-state index contributed by atoms with van der Waals surface area (Å²) in [5, 5.41) is 16.8. The van der Waals surface area contributed by atoms with Crippen molar-refractivity contribution in [3.05, 3.63) is 0 Å². The first-order valence-corrected chi connectivity index (χ1v) is 15.7. The Morgan fingerprint density at radius 3 is 2.54 bits per heavy atom. The van der Waals surface area contributed by atoms with Crippen LogP contribution in [0.1, 0.15) is 33.1 Å². The Bertz CT molecular complexity index is 881. The van der Waals surface area contributed by atoms with Crippen LogP contribution in [0.25, 0.3) is 0 Å². The SMILES string of the molecule is COC1CNC(Cl)CC1C1CC(C)NCC1C(=O)NC1NC2CN(C(=O)C3NCC(C(F)F)CC3C)CC2S1. The van der Waals surface area contributed by atoms with Gasteiger partial charge in [0, 0.05) is 63.1 Å². The fourth-order valence-electron chi connectivity index (χ4n) is 7.34. The lowest BCUT2D eigenvalue weighted by molar-refractivity contribution is -0.135. The highest BCUT2D eigenvalue weighted by Crippen LogP contribution is 2.39. The van der Waals surface area contributed by atoms with Gasteiger partial charge < -0.3 is 25.6 Å². The van der Waals surface area contributed by atoms with Crippen LogP contribution in [0.2, 0.25) is 0 Å². The molecule has 5 fully saturated rings. The highest BCUT2D eigenvalue weighted by Gasteiger charge is 2.48. The number of nitrogens with one attached hydrogen (secondary N) is 5. The van der Waals surface area contributed by atoms with Crippen LogP contribution in [-0.2, 0) is 14.3 Å². The van der Waals surface area contributed by atoms with Crippen molar-refractivity contribution in [3.8, 4) is 0 Å². The summed E-state index contributed by atoms with van der Waals surface area (Å²) in [5.74, 6) is -0.613. The normalized spacial score (nSPS) is 44.8. The largest absolute Gasteiger partial charge is 0.380 e. The van der Waals surface area contributed by atoms with Gasteiger partial charge in [0.1, 0.15) is 5.50 Å². The number of nitrogens with zero attached hydrogens (tertiary/aromatic N) is 1. The maximum absolute atomic E-state index is 13.6. The molecule has 5 aliphatic heterocycles. The van der Waals surface area contributed by atoms with Crippen LogP contribution in [0.4, 0.5) is 8.78 Å². The number of hydrogen-bond donors (Lipinski definition) is 5. The lowest BCUT2D eigenvalue weighted by Gasteiger charge is -2.45. The summed E-state index contributed by atoms with van der Waals surface area (Å²) in [6.07, 6.45) is -0.326. The van der Waals surface area contributed by atoms with Crippen LogP contribution in [0.15, 0.2) is 0 Å². The first-order chi connectivity index (χ1) is 18.6. The van der Waals surface area contributed by atoms with E-state index in [0.717, 1.165) is 12.8 Å². The van der Waals surface area contributed by atoms with E-state index in [9.17, 15) is 18.4 Å². The zero-order valence-electron chi connectivity index (χ0n) is 22.9. The predicted octanol–water partition coefficient (Wildman–Crippen LogP) is 0.985. The van der Waals surface area contributed by atoms with E-state index in [2.05, 4.69) is 33.5 Å². The van der Waals surface area contributed by atoms with Gasteiger partial charge in [-0.2, -0.15) is 0 Å². The molecule has 9 nitrogen and oxygen atoms in total. The summed E-state index contributed by atoms with van der Waals surface area (Å²) in [6.45, 7) is 6.65. The molecule has 0 saturated carbocycles. The van der Waals surface area contributed by atoms with Crippen LogP contribution >= 0.6 is 23.4 Å². The summed E-state index contributed by atoms with van der Waals surface area (Å²) in [7, 11) is 1.73. The number of fused-ring (bicyclic) bond motifs is 1. The van der Waals surface area contributed by atoms with E-state index in [0.29, 0.717) is 38.6 Å². The van der Waals surface area contributed by atoms with Crippen molar-refractivity contribution in [1.82, 2.24) is 31.5 Å². The Kier molecular flexibility index (Phi) is 9.62. The van der Waals surface area contributed by atoms with E-state index in [4.69, 9.17) is 16.3 Å². The number of rotatable bonds is 6. The lowest BCUT2D eigenvalue weighted by Crippen LogP contribution is -2.58. The van der Waals surface area contributed by atoms with Gasteiger partial charge in [-0.3, -0.25) is 20.2 Å². The van der Waals surface area contributed by atoms with E-state index >= 15 is 0 Å². The molecule has 39 heavy (non-hydrogen) atoms. The Hall–Kier alpha value is -0.760. The van der Waals surface area contributed by atoms with E-state index in [-0.39, 0.29) is 70.4 Å². The molecule has 5 saturated heterocycles. The first-order valence-electron chi connectivity index (χ1n) is 14.3. The number of thioether (sulfide) groups is 1. The van der Waals surface area contributed by atoms with Gasteiger partial charge in [-0.05, 0) is 43.9 Å². The molecule has 5 aliphatic rings. The van der Waals surface area contributed by atoms with Crippen molar-refractivity contribution in [2.24, 2.45) is 29.6 Å². The molecule has 0 radical (unpaired) electrons. The smallest absolute Gasteiger partial charge is 0.242 e. The minimum absolute atomic E-state index is 0.00916. The number of alkyl halides is 3. The van der Waals surface area contributed by atoms with Gasteiger partial charge in [0.2, 0.25) is 18.2 Å². The first kappa shape index (κ1) is 29.7. The van der Waals surface area contributed by atoms with Crippen LogP contribution in [0.5, 0.6) is 0 Å². The molecule has 13 heteroatoms. The molecular weight excluding hydrogens is 550 g/mol. The minimum Gasteiger partial charge on any atom is -0.380 e. The van der Waals surface area contributed by atoms with Crippen molar-refractivity contribution < 1.29 is 23.1 Å². The molecule has 2 amide bonds. The van der Waals surface area contributed by atoms with Crippen LogP contribution in [0, 0.1) is 29.6 Å². The average molecular weight is 593 g/mol. The predicted molar refractivity (Wildman–Crippen MR) is 147 cm³/mol. The van der Waals surface area contributed by atoms with Gasteiger partial charge in [-0.1, -0.05) is 6.92 Å². The van der Waals surface area contributed by atoms with E-state index in [1.165, 1.54) is 0 Å². The Balaban J connectivity index is 1.14. The van der Waals surface area contributed by atoms with E-state index < -0.39 is 18.4 Å². The second-order valence-corrected chi connectivity index (χ2v) is 14.0. The van der Waals surface area contributed by atoms with E-state index in [1.807, 2.05) is 11.8 Å². The molecule has 222 valence electrons. The van der Waals surface area contributed by atoms with Crippen molar-refractivity contribution in [3.63, 3.8) is 0 Å². The number of likely N-dealkylation sites (tertiary alicyclic amines) is 1. The number of methoxy groups -OCH3 is 1. The van der Waals surface area contributed by atoms with Gasteiger partial charge in [0.15, 0.2) is 0 Å². The van der Waals surface area contributed by atoms with Gasteiger partial charge >= 0.3 is 0 Å². The third kappa shape index (κ3) is 6.52. The highest BCUT2D eigenvalue weighted by molar-refractivity contribution is 8.00. The average Bonchev–Trinajstić information content (AvgIpc) is 3.47. The Morgan fingerprint density at radius 1 is 1.05 bits per heavy atom. The van der Waals surface area contributed by atoms with Crippen molar-refractivity contribution in [1.29, 1.82) is 0 Å². The standard InChI is InChI=1S/C26H43ClF2N6O3S/c1-12-4-14(23(28)29)7-32-22(12)25(37)35-10-18-20(11-35)39-26(33-18)34-24(36)17-8-30-13(2)5-15(17)16-6-21(27)31-9-19(16)38-3/h12-23,26,30-33H,4-11H2,1-3H3,(H,34,36). The van der Waals surface area contributed by atoms with Crippen molar-refractivity contribution >= 4 is 35.2 Å². The van der Waals surface area contributed by atoms with Gasteiger partial charge in [0.25, 0.3) is 0 Å². The number of carbonyl (C=O) groups excluding carboxylic acids is 2. The second-order valence-electron chi connectivity index (χ2n) is 12.1. The number of amides is 2. The van der Waals surface area contributed by atoms with Crippen LogP contribution < -0.4 is 26.6 Å². The topological polar surface area (TPSA) is 107 Å². The number of ether oxygens (including phenoxy) is 1. The maximum Gasteiger partial charge on any atom is 0.242 e. The third-order valence-corrected chi connectivity index (χ3v) is 11.2. The van der Waals surface area contributed by atoms with Crippen LogP contribution in [-0.4, -0.2) is 103 Å². The highest BCUT2D eigenvalue weighted by atomic mass is 35.5. The number of piperidine rings is 3. The quantitative estimate of drug-likeness (QED) is 0.230. The fourth-order valence-corrected chi connectivity index (χ4v) is 9.04. The molecule has 0 aromatic carbocycles. The summed E-state index contributed by atoms with van der Waals surface area (Å²) >= 11 is 8.12. The van der Waals surface area contributed by atoms with Crippen molar-refractivity contribution in [2.45, 2.75) is 80.0 Å². The molecule has 12 atom stereocenters. The molecule has 0 spiro atoms. The van der Waals surface area contributed by atoms with Gasteiger partial charge in [0.05, 0.1) is 23.6 Å². The Labute approximate surface area is 239 Å². The minimum atomic E-state index is -2.36. The monoisotopic (exact) mass is 592 g/mol. The summed E-state index contributed by atoms with van der Waals surface area (Å²) < 4.78 is 32.0. The molecule has 12 unspecified atom stereocenters. The summed E-state index contributed by atoms with van der Waals surface area (Å²) in [5.41, 5.74) is -0.333. The second kappa shape index (κ2) is 12.6. The molecule has 0 aliphatic carbocycles. The van der Waals surface area contributed by atoms with Gasteiger partial charge in [-0.15, -0.1) is 23.4 Å². The molecule has 5 heterocycles. The Morgan fingerprint density at radius 2 is 1.85 bits per heavy atom. The molecule has 0 aromatic rings. The number of hydrogen-bond acceptors (Lipinski definition) is 8. The molecule has 0 aromatic heterocycles. The third-order valence-electron chi connectivity index (χ3n) is 9.51. The number of carbonyl (C=O) groups is 2. The van der Waals surface area contributed by atoms with Crippen molar-refractivity contribution in [2.75, 3.05) is 39.8 Å². The summed E-state index contributed by atoms with van der Waals surface area (Å²) in [6, 6.07) is -0.0165. The zero-order valence-corrected chi connectivity index (χ0v) is 24.4. The van der Waals surface area contributed by atoms with Gasteiger partial charge in [-0.25, -0.2) is 8.78 Å². The van der Waals surface area contributed by atoms with Crippen LogP contribution in [0.3, 0.4) is 0 Å².